The predicted molar refractivity (Wildman–Crippen MR) is 118 cm³/mol. The lowest BCUT2D eigenvalue weighted by Gasteiger charge is -2.09. The van der Waals surface area contributed by atoms with E-state index in [1.165, 1.54) is 41.7 Å². The van der Waals surface area contributed by atoms with Gasteiger partial charge in [0, 0.05) is 3.57 Å². The Morgan fingerprint density at radius 2 is 1.14 bits per heavy atom. The van der Waals surface area contributed by atoms with Gasteiger partial charge in [-0.05, 0) is 85.0 Å². The first-order chi connectivity index (χ1) is 10.5. The molecule has 0 fully saturated rings. The molecule has 0 saturated heterocycles. The molecule has 110 valence electrons. The standard InChI is InChI=1S/C18H16IP3/c19-18-10-14(20)5-6-17(18)12-3-1-11(2-4-12)13-7-15(21)9-16(22)8-13/h1-10H,20-22H2. The highest BCUT2D eigenvalue weighted by molar-refractivity contribution is 14.1. The lowest BCUT2D eigenvalue weighted by Crippen LogP contribution is -2.01. The molecule has 22 heavy (non-hydrogen) atoms. The zero-order valence-corrected chi connectivity index (χ0v) is 17.5. The van der Waals surface area contributed by atoms with Crippen LogP contribution in [0.5, 0.6) is 0 Å². The summed E-state index contributed by atoms with van der Waals surface area (Å²) in [6.07, 6.45) is 0. The summed E-state index contributed by atoms with van der Waals surface area (Å²) in [5, 5.41) is 3.63. The van der Waals surface area contributed by atoms with Gasteiger partial charge in [-0.3, -0.25) is 0 Å². The maximum Gasteiger partial charge on any atom is 0.0214 e. The van der Waals surface area contributed by atoms with E-state index >= 15 is 0 Å². The quantitative estimate of drug-likeness (QED) is 0.406. The summed E-state index contributed by atoms with van der Waals surface area (Å²) in [4.78, 5) is 0. The number of hydrogen-bond donors (Lipinski definition) is 0. The predicted octanol–water partition coefficient (Wildman–Crippen LogP) is 4.13. The molecule has 0 saturated carbocycles. The Balaban J connectivity index is 1.99. The second-order valence-electron chi connectivity index (χ2n) is 5.20. The number of benzene rings is 3. The Labute approximate surface area is 152 Å². The number of hydrogen-bond acceptors (Lipinski definition) is 0. The lowest BCUT2D eigenvalue weighted by atomic mass is 10.0. The monoisotopic (exact) mass is 452 g/mol. The van der Waals surface area contributed by atoms with Gasteiger partial charge in [-0.1, -0.05) is 36.4 Å². The van der Waals surface area contributed by atoms with E-state index in [1.807, 2.05) is 0 Å². The highest BCUT2D eigenvalue weighted by Gasteiger charge is 2.05. The van der Waals surface area contributed by atoms with Crippen molar-refractivity contribution in [2.75, 3.05) is 0 Å². The lowest BCUT2D eigenvalue weighted by molar-refractivity contribution is 1.59. The number of rotatable bonds is 2. The molecule has 3 aromatic carbocycles. The van der Waals surface area contributed by atoms with E-state index in [1.54, 1.807) is 0 Å². The summed E-state index contributed by atoms with van der Waals surface area (Å²) < 4.78 is 1.28. The van der Waals surface area contributed by atoms with E-state index in [-0.39, 0.29) is 0 Å². The first-order valence-electron chi connectivity index (χ1n) is 6.85. The SMILES string of the molecule is Pc1cc(P)cc(-c2ccc(-c3ccc(P)cc3I)cc2)c1. The van der Waals surface area contributed by atoms with E-state index in [0.29, 0.717) is 0 Å². The van der Waals surface area contributed by atoms with Crippen molar-refractivity contribution in [1.82, 2.24) is 0 Å². The van der Waals surface area contributed by atoms with Crippen molar-refractivity contribution in [1.29, 1.82) is 0 Å². The molecule has 0 nitrogen and oxygen atoms in total. The molecule has 3 atom stereocenters. The van der Waals surface area contributed by atoms with Crippen LogP contribution in [0.4, 0.5) is 0 Å². The minimum Gasteiger partial charge on any atom is -0.106 e. The molecular weight excluding hydrogens is 436 g/mol. The maximum absolute atomic E-state index is 2.77. The Morgan fingerprint density at radius 3 is 1.73 bits per heavy atom. The smallest absolute Gasteiger partial charge is 0.0214 e. The van der Waals surface area contributed by atoms with Crippen LogP contribution in [0, 0.1) is 3.57 Å². The normalized spacial score (nSPS) is 10.7. The highest BCUT2D eigenvalue weighted by Crippen LogP contribution is 2.27. The van der Waals surface area contributed by atoms with Gasteiger partial charge < -0.3 is 0 Å². The molecule has 3 unspecified atom stereocenters. The molecular formula is C18H16IP3. The van der Waals surface area contributed by atoms with Crippen LogP contribution in [-0.4, -0.2) is 0 Å². The van der Waals surface area contributed by atoms with E-state index in [0.717, 1.165) is 0 Å². The largest absolute Gasteiger partial charge is 0.106 e. The minimum absolute atomic E-state index is 1.21. The molecule has 0 amide bonds. The topological polar surface area (TPSA) is 0 Å². The molecule has 3 rings (SSSR count). The third kappa shape index (κ3) is 3.77. The summed E-state index contributed by atoms with van der Waals surface area (Å²) in [5.74, 6) is 0. The molecule has 3 aromatic rings. The molecule has 0 aliphatic carbocycles. The van der Waals surface area contributed by atoms with Crippen molar-refractivity contribution in [3.05, 3.63) is 64.2 Å². The fraction of sp³-hybridized carbons (Fsp3) is 0. The molecule has 0 bridgehead atoms. The Bertz CT molecular complexity index is 806. The van der Waals surface area contributed by atoms with Crippen LogP contribution in [0.2, 0.25) is 0 Å². The maximum atomic E-state index is 2.77. The molecule has 0 aliphatic heterocycles. The van der Waals surface area contributed by atoms with Crippen LogP contribution in [-0.2, 0) is 0 Å². The van der Waals surface area contributed by atoms with Gasteiger partial charge >= 0.3 is 0 Å². The Kier molecular flexibility index (Phi) is 5.31. The summed E-state index contributed by atoms with van der Waals surface area (Å²) in [6, 6.07) is 21.8. The van der Waals surface area contributed by atoms with Gasteiger partial charge in [-0.15, -0.1) is 27.7 Å². The fourth-order valence-corrected chi connectivity index (χ4v) is 4.84. The van der Waals surface area contributed by atoms with Crippen LogP contribution >= 0.6 is 50.3 Å². The summed E-state index contributed by atoms with van der Waals surface area (Å²) >= 11 is 2.40. The molecule has 4 heteroatoms. The molecule has 0 aliphatic rings. The number of halogens is 1. The van der Waals surface area contributed by atoms with E-state index < -0.39 is 0 Å². The van der Waals surface area contributed by atoms with Crippen molar-refractivity contribution in [2.24, 2.45) is 0 Å². The van der Waals surface area contributed by atoms with Crippen LogP contribution in [0.15, 0.2) is 60.7 Å². The van der Waals surface area contributed by atoms with Crippen molar-refractivity contribution in [2.45, 2.75) is 0 Å². The molecule has 0 N–H and O–H groups in total. The van der Waals surface area contributed by atoms with Gasteiger partial charge in [-0.2, -0.15) is 0 Å². The van der Waals surface area contributed by atoms with Gasteiger partial charge in [-0.25, -0.2) is 0 Å². The fourth-order valence-electron chi connectivity index (χ4n) is 2.45. The van der Waals surface area contributed by atoms with Crippen LogP contribution < -0.4 is 15.9 Å². The first-order valence-corrected chi connectivity index (χ1v) is 9.66. The zero-order valence-electron chi connectivity index (χ0n) is 11.9. The van der Waals surface area contributed by atoms with Gasteiger partial charge in [0.1, 0.15) is 0 Å². The Hall–Kier alpha value is -0.320. The van der Waals surface area contributed by atoms with E-state index in [4.69, 9.17) is 0 Å². The van der Waals surface area contributed by atoms with Crippen molar-refractivity contribution in [3.63, 3.8) is 0 Å². The average molecular weight is 452 g/mol. The minimum atomic E-state index is 1.21. The summed E-state index contributed by atoms with van der Waals surface area (Å²) in [6.45, 7) is 0. The molecule has 0 aromatic heterocycles. The highest BCUT2D eigenvalue weighted by atomic mass is 127. The van der Waals surface area contributed by atoms with Crippen molar-refractivity contribution >= 4 is 66.2 Å². The third-order valence-electron chi connectivity index (χ3n) is 3.50. The second kappa shape index (κ2) is 7.06. The van der Waals surface area contributed by atoms with Crippen LogP contribution in [0.1, 0.15) is 0 Å². The van der Waals surface area contributed by atoms with Gasteiger partial charge in [0.2, 0.25) is 0 Å². The average Bonchev–Trinajstić information content (AvgIpc) is 2.46. The van der Waals surface area contributed by atoms with Crippen LogP contribution in [0.3, 0.4) is 0 Å². The van der Waals surface area contributed by atoms with Crippen molar-refractivity contribution < 1.29 is 0 Å². The van der Waals surface area contributed by atoms with Gasteiger partial charge in [0.25, 0.3) is 0 Å². The molecule has 0 radical (unpaired) electrons. The molecule has 0 heterocycles. The van der Waals surface area contributed by atoms with Crippen molar-refractivity contribution in [3.8, 4) is 22.3 Å². The van der Waals surface area contributed by atoms with E-state index in [2.05, 4.69) is 111 Å². The van der Waals surface area contributed by atoms with Gasteiger partial charge in [0.15, 0.2) is 0 Å². The van der Waals surface area contributed by atoms with Crippen LogP contribution in [0.25, 0.3) is 22.3 Å². The Morgan fingerprint density at radius 1 is 0.545 bits per heavy atom. The second-order valence-corrected chi connectivity index (χ2v) is 8.37. The first kappa shape index (κ1) is 16.5. The zero-order chi connectivity index (χ0) is 15.7. The van der Waals surface area contributed by atoms with E-state index in [9.17, 15) is 0 Å². The third-order valence-corrected chi connectivity index (χ3v) is 5.42. The molecule has 0 spiro atoms. The summed E-state index contributed by atoms with van der Waals surface area (Å²) in [5.41, 5.74) is 5.03. The van der Waals surface area contributed by atoms with Gasteiger partial charge in [0.05, 0.1) is 0 Å². The summed E-state index contributed by atoms with van der Waals surface area (Å²) in [7, 11) is 8.29.